The van der Waals surface area contributed by atoms with Crippen molar-refractivity contribution < 1.29 is 9.53 Å². The third-order valence-corrected chi connectivity index (χ3v) is 3.34. The average Bonchev–Trinajstić information content (AvgIpc) is 2.72. The summed E-state index contributed by atoms with van der Waals surface area (Å²) in [4.78, 5) is 13.7. The number of ether oxygens (including phenoxy) is 1. The van der Waals surface area contributed by atoms with Crippen molar-refractivity contribution in [3.63, 3.8) is 0 Å². The Bertz CT molecular complexity index is 340. The maximum atomic E-state index is 11.9. The quantitative estimate of drug-likeness (QED) is 0.631. The molecule has 16 heavy (non-hydrogen) atoms. The molecule has 1 aliphatic heterocycles. The zero-order valence-electron chi connectivity index (χ0n) is 10.1. The van der Waals surface area contributed by atoms with E-state index >= 15 is 0 Å². The molecule has 1 heterocycles. The van der Waals surface area contributed by atoms with Gasteiger partial charge in [0.25, 0.3) is 0 Å². The Morgan fingerprint density at radius 3 is 2.56 bits per heavy atom. The summed E-state index contributed by atoms with van der Waals surface area (Å²) in [5, 5.41) is 8.91. The van der Waals surface area contributed by atoms with Crippen molar-refractivity contribution in [3.8, 4) is 6.07 Å². The number of nitriles is 1. The number of rotatable bonds is 0. The summed E-state index contributed by atoms with van der Waals surface area (Å²) < 4.78 is 5.35. The molecule has 0 N–H and O–H groups in total. The topological polar surface area (TPSA) is 53.3 Å². The molecule has 4 nitrogen and oxygen atoms in total. The second-order valence-electron chi connectivity index (χ2n) is 5.75. The van der Waals surface area contributed by atoms with Gasteiger partial charge in [-0.15, -0.1) is 0 Å². The molecule has 1 saturated carbocycles. The molecular weight excluding hydrogens is 204 g/mol. The van der Waals surface area contributed by atoms with Crippen molar-refractivity contribution in [1.29, 1.82) is 5.26 Å². The third-order valence-electron chi connectivity index (χ3n) is 3.34. The van der Waals surface area contributed by atoms with E-state index in [9.17, 15) is 4.79 Å². The Hall–Kier alpha value is -1.24. The number of nitrogens with zero attached hydrogens (tertiary/aromatic N) is 2. The molecule has 1 unspecified atom stereocenters. The number of carbonyl (C=O) groups is 1. The van der Waals surface area contributed by atoms with Gasteiger partial charge in [0, 0.05) is 12.6 Å². The summed E-state index contributed by atoms with van der Waals surface area (Å²) in [5.74, 6) is 0.506. The van der Waals surface area contributed by atoms with Gasteiger partial charge in [0.15, 0.2) is 0 Å². The van der Waals surface area contributed by atoms with Crippen LogP contribution in [-0.2, 0) is 4.74 Å². The first-order chi connectivity index (χ1) is 7.40. The highest BCUT2D eigenvalue weighted by atomic mass is 16.6. The standard InChI is InChI=1S/C12H18N2O2/c1-12(2,3)16-11(15)14-7-9-5-10(14)4-8(9)6-13/h8-10H,4-5,7H2,1-3H3/t8-,9?,10-/m1/s1. The number of carbonyl (C=O) groups excluding carboxylic acids is 1. The first-order valence-corrected chi connectivity index (χ1v) is 5.80. The van der Waals surface area contributed by atoms with Gasteiger partial charge in [-0.2, -0.15) is 5.26 Å². The molecule has 0 aromatic rings. The van der Waals surface area contributed by atoms with Gasteiger partial charge >= 0.3 is 6.09 Å². The highest BCUT2D eigenvalue weighted by molar-refractivity contribution is 5.69. The molecular formula is C12H18N2O2. The van der Waals surface area contributed by atoms with E-state index in [0.717, 1.165) is 12.8 Å². The van der Waals surface area contributed by atoms with Crippen molar-refractivity contribution in [1.82, 2.24) is 4.90 Å². The first kappa shape index (κ1) is 11.3. The number of piperidine rings is 1. The summed E-state index contributed by atoms with van der Waals surface area (Å²) in [6, 6.07) is 2.55. The summed E-state index contributed by atoms with van der Waals surface area (Å²) >= 11 is 0. The van der Waals surface area contributed by atoms with E-state index < -0.39 is 5.60 Å². The van der Waals surface area contributed by atoms with E-state index in [1.54, 1.807) is 4.90 Å². The van der Waals surface area contributed by atoms with E-state index in [0.29, 0.717) is 12.5 Å². The Morgan fingerprint density at radius 2 is 2.12 bits per heavy atom. The van der Waals surface area contributed by atoms with Gasteiger partial charge in [0.05, 0.1) is 12.0 Å². The molecule has 1 amide bonds. The zero-order valence-corrected chi connectivity index (χ0v) is 10.1. The number of hydrogen-bond acceptors (Lipinski definition) is 3. The monoisotopic (exact) mass is 222 g/mol. The SMILES string of the molecule is CC(C)(C)OC(=O)N1CC2C[C@H]1C[C@@H]2C#N. The van der Waals surface area contributed by atoms with Crippen LogP contribution in [0.4, 0.5) is 4.79 Å². The van der Waals surface area contributed by atoms with E-state index in [4.69, 9.17) is 10.00 Å². The Kier molecular flexibility index (Phi) is 2.57. The molecule has 0 aromatic carbocycles. The van der Waals surface area contributed by atoms with E-state index in [-0.39, 0.29) is 18.1 Å². The zero-order chi connectivity index (χ0) is 11.9. The molecule has 1 saturated heterocycles. The van der Waals surface area contributed by atoms with Crippen molar-refractivity contribution in [3.05, 3.63) is 0 Å². The summed E-state index contributed by atoms with van der Waals surface area (Å²) in [6.07, 6.45) is 1.56. The number of hydrogen-bond donors (Lipinski definition) is 0. The number of fused-ring (bicyclic) bond motifs is 2. The van der Waals surface area contributed by atoms with E-state index in [1.807, 2.05) is 20.8 Å². The van der Waals surface area contributed by atoms with Crippen LogP contribution in [0.3, 0.4) is 0 Å². The highest BCUT2D eigenvalue weighted by Crippen LogP contribution is 2.42. The lowest BCUT2D eigenvalue weighted by atomic mass is 9.96. The fraction of sp³-hybridized carbons (Fsp3) is 0.833. The van der Waals surface area contributed by atoms with Crippen LogP contribution in [0.5, 0.6) is 0 Å². The highest BCUT2D eigenvalue weighted by Gasteiger charge is 2.47. The number of likely N-dealkylation sites (tertiary alicyclic amines) is 1. The van der Waals surface area contributed by atoms with Gasteiger partial charge in [-0.25, -0.2) is 4.79 Å². The molecule has 0 spiro atoms. The molecule has 1 aliphatic carbocycles. The number of amides is 1. The summed E-state index contributed by atoms with van der Waals surface area (Å²) in [6.45, 7) is 6.31. The molecule has 0 aromatic heterocycles. The summed E-state index contributed by atoms with van der Waals surface area (Å²) in [7, 11) is 0. The minimum absolute atomic E-state index is 0.142. The van der Waals surface area contributed by atoms with Crippen LogP contribution in [0.2, 0.25) is 0 Å². The molecule has 2 fully saturated rings. The van der Waals surface area contributed by atoms with Gasteiger partial charge in [-0.05, 0) is 39.5 Å². The second-order valence-corrected chi connectivity index (χ2v) is 5.75. The van der Waals surface area contributed by atoms with Crippen LogP contribution in [0, 0.1) is 23.2 Å². The van der Waals surface area contributed by atoms with Gasteiger partial charge in [-0.3, -0.25) is 0 Å². The summed E-state index contributed by atoms with van der Waals surface area (Å²) in [5.41, 5.74) is -0.437. The minimum Gasteiger partial charge on any atom is -0.444 e. The molecule has 2 rings (SSSR count). The molecule has 0 radical (unpaired) electrons. The van der Waals surface area contributed by atoms with Crippen molar-refractivity contribution in [2.75, 3.05) is 6.54 Å². The van der Waals surface area contributed by atoms with Gasteiger partial charge in [-0.1, -0.05) is 0 Å². The van der Waals surface area contributed by atoms with E-state index in [1.165, 1.54) is 0 Å². The fourth-order valence-corrected chi connectivity index (χ4v) is 2.66. The van der Waals surface area contributed by atoms with Crippen LogP contribution in [0.1, 0.15) is 33.6 Å². The van der Waals surface area contributed by atoms with Gasteiger partial charge in [0.2, 0.25) is 0 Å². The molecule has 4 heteroatoms. The lowest BCUT2D eigenvalue weighted by Crippen LogP contribution is -2.42. The maximum absolute atomic E-state index is 11.9. The lowest BCUT2D eigenvalue weighted by molar-refractivity contribution is 0.0175. The molecule has 2 aliphatic rings. The predicted molar refractivity (Wildman–Crippen MR) is 58.6 cm³/mol. The Balaban J connectivity index is 1.96. The van der Waals surface area contributed by atoms with Crippen LogP contribution >= 0.6 is 0 Å². The van der Waals surface area contributed by atoms with Crippen LogP contribution in [-0.4, -0.2) is 29.2 Å². The molecule has 2 bridgehead atoms. The van der Waals surface area contributed by atoms with Crippen LogP contribution in [0.25, 0.3) is 0 Å². The average molecular weight is 222 g/mol. The van der Waals surface area contributed by atoms with Crippen LogP contribution < -0.4 is 0 Å². The smallest absolute Gasteiger partial charge is 0.410 e. The van der Waals surface area contributed by atoms with Gasteiger partial charge in [0.1, 0.15) is 5.60 Å². The molecule has 3 atom stereocenters. The first-order valence-electron chi connectivity index (χ1n) is 5.80. The maximum Gasteiger partial charge on any atom is 0.410 e. The van der Waals surface area contributed by atoms with Crippen LogP contribution in [0.15, 0.2) is 0 Å². The van der Waals surface area contributed by atoms with E-state index in [2.05, 4.69) is 6.07 Å². The van der Waals surface area contributed by atoms with Crippen molar-refractivity contribution in [2.45, 2.75) is 45.3 Å². The largest absolute Gasteiger partial charge is 0.444 e. The normalized spacial score (nSPS) is 32.6. The Morgan fingerprint density at radius 1 is 1.44 bits per heavy atom. The van der Waals surface area contributed by atoms with Crippen molar-refractivity contribution >= 4 is 6.09 Å². The third kappa shape index (κ3) is 1.99. The fourth-order valence-electron chi connectivity index (χ4n) is 2.66. The molecule has 88 valence electrons. The minimum atomic E-state index is -0.437. The predicted octanol–water partition coefficient (Wildman–Crippen LogP) is 2.16. The lowest BCUT2D eigenvalue weighted by Gasteiger charge is -2.31. The Labute approximate surface area is 96.2 Å². The second kappa shape index (κ2) is 3.65. The van der Waals surface area contributed by atoms with Gasteiger partial charge < -0.3 is 9.64 Å². The van der Waals surface area contributed by atoms with Crippen molar-refractivity contribution in [2.24, 2.45) is 11.8 Å².